The van der Waals surface area contributed by atoms with Crippen molar-refractivity contribution in [3.05, 3.63) is 23.3 Å². The third-order valence-corrected chi connectivity index (χ3v) is 8.71. The van der Waals surface area contributed by atoms with Crippen LogP contribution in [0.15, 0.2) is 23.3 Å². The average Bonchev–Trinajstić information content (AvgIpc) is 3.10. The first-order valence-electron chi connectivity index (χ1n) is 10.5. The van der Waals surface area contributed by atoms with E-state index < -0.39 is 29.0 Å². The van der Waals surface area contributed by atoms with Crippen molar-refractivity contribution in [3.8, 4) is 0 Å². The average molecular weight is 389 g/mol. The van der Waals surface area contributed by atoms with Gasteiger partial charge >= 0.3 is 0 Å². The van der Waals surface area contributed by atoms with Crippen LogP contribution in [-0.4, -0.2) is 46.2 Å². The van der Waals surface area contributed by atoms with Gasteiger partial charge < -0.3 is 19.7 Å². The summed E-state index contributed by atoms with van der Waals surface area (Å²) in [5.41, 5.74) is -1.29. The fourth-order valence-electron chi connectivity index (χ4n) is 7.14. The van der Waals surface area contributed by atoms with Crippen molar-refractivity contribution < 1.29 is 24.5 Å². The Bertz CT molecular complexity index is 823. The second-order valence-electron chi connectivity index (χ2n) is 10.9. The highest BCUT2D eigenvalue weighted by atomic mass is 16.7. The third kappa shape index (κ3) is 1.95. The number of fused-ring (bicyclic) bond motifs is 5. The molecule has 5 aliphatic rings. The van der Waals surface area contributed by atoms with E-state index >= 15 is 0 Å². The molecule has 154 valence electrons. The van der Waals surface area contributed by atoms with Gasteiger partial charge in [0, 0.05) is 5.92 Å². The standard InChI is InChI=1S/C23H32O5/c1-11-9-22-12(2)7-15-16(20(15,3)4)14(18(22)25)8-13-10-27-21(5,6)28-19(13)23(22,26)17(11)24/h8-9,12,14-17,19,24,26H,7,10H2,1-6H3/t12-,14?,15?,16+,17?,19?,22?,23?/m1/s1. The highest BCUT2D eigenvalue weighted by Gasteiger charge is 2.76. The number of hydrogen-bond acceptors (Lipinski definition) is 5. The molecule has 1 aliphatic heterocycles. The number of ether oxygens (including phenoxy) is 2. The molecule has 1 spiro atoms. The smallest absolute Gasteiger partial charge is 0.164 e. The van der Waals surface area contributed by atoms with Crippen molar-refractivity contribution in [2.24, 2.45) is 34.5 Å². The number of carbonyl (C=O) groups excluding carboxylic acids is 1. The molecular weight excluding hydrogens is 356 g/mol. The van der Waals surface area contributed by atoms with Crippen molar-refractivity contribution in [1.82, 2.24) is 0 Å². The summed E-state index contributed by atoms with van der Waals surface area (Å²) >= 11 is 0. The first-order chi connectivity index (χ1) is 12.9. The maximum Gasteiger partial charge on any atom is 0.164 e. The van der Waals surface area contributed by atoms with E-state index in [-0.39, 0.29) is 29.0 Å². The molecule has 2 N–H and O–H groups in total. The topological polar surface area (TPSA) is 76.0 Å². The Balaban J connectivity index is 1.77. The molecule has 4 aliphatic carbocycles. The second-order valence-corrected chi connectivity index (χ2v) is 10.9. The Morgan fingerprint density at radius 1 is 1.21 bits per heavy atom. The Morgan fingerprint density at radius 2 is 1.89 bits per heavy atom. The second kappa shape index (κ2) is 5.18. The normalized spacial score (nSPS) is 53.1. The SMILES string of the molecule is CC1=CC23C(=O)C(C=C4COC(C)(C)OC4C2(O)C1O)[C@H]1C(C[C@H]3C)C1(C)C. The monoisotopic (exact) mass is 388 g/mol. The van der Waals surface area contributed by atoms with Gasteiger partial charge in [0.2, 0.25) is 0 Å². The van der Waals surface area contributed by atoms with Gasteiger partial charge in [0.25, 0.3) is 0 Å². The molecule has 0 radical (unpaired) electrons. The molecule has 3 fully saturated rings. The zero-order valence-electron chi connectivity index (χ0n) is 17.7. The van der Waals surface area contributed by atoms with Gasteiger partial charge in [-0.15, -0.1) is 0 Å². The van der Waals surface area contributed by atoms with Gasteiger partial charge in [-0.25, -0.2) is 0 Å². The Labute approximate surface area is 166 Å². The molecule has 5 heteroatoms. The Morgan fingerprint density at radius 3 is 2.57 bits per heavy atom. The summed E-state index contributed by atoms with van der Waals surface area (Å²) in [6.07, 6.45) is 2.85. The summed E-state index contributed by atoms with van der Waals surface area (Å²) in [5, 5.41) is 23.4. The van der Waals surface area contributed by atoms with Gasteiger partial charge in [-0.1, -0.05) is 32.9 Å². The lowest BCUT2D eigenvalue weighted by Crippen LogP contribution is -2.67. The summed E-state index contributed by atoms with van der Waals surface area (Å²) in [6, 6.07) is 0. The molecule has 2 bridgehead atoms. The van der Waals surface area contributed by atoms with Crippen LogP contribution in [-0.2, 0) is 14.3 Å². The Hall–Kier alpha value is -1.01. The van der Waals surface area contributed by atoms with Gasteiger partial charge in [0.05, 0.1) is 12.0 Å². The quantitative estimate of drug-likeness (QED) is 0.624. The van der Waals surface area contributed by atoms with Crippen LogP contribution >= 0.6 is 0 Å². The lowest BCUT2D eigenvalue weighted by molar-refractivity contribution is -0.303. The minimum absolute atomic E-state index is 0.0415. The number of Topliss-reactive ketones (excluding diaryl/α,β-unsaturated/α-hetero) is 1. The molecule has 2 saturated carbocycles. The fourth-order valence-corrected chi connectivity index (χ4v) is 7.14. The first-order valence-corrected chi connectivity index (χ1v) is 10.5. The molecule has 0 aromatic rings. The predicted molar refractivity (Wildman–Crippen MR) is 103 cm³/mol. The maximum atomic E-state index is 14.1. The lowest BCUT2D eigenvalue weighted by Gasteiger charge is -2.52. The minimum Gasteiger partial charge on any atom is -0.386 e. The summed E-state index contributed by atoms with van der Waals surface area (Å²) in [4.78, 5) is 14.1. The number of aliphatic hydroxyl groups is 2. The van der Waals surface area contributed by atoms with Crippen LogP contribution < -0.4 is 0 Å². The first kappa shape index (κ1) is 19.0. The molecule has 28 heavy (non-hydrogen) atoms. The highest BCUT2D eigenvalue weighted by Crippen LogP contribution is 2.72. The largest absolute Gasteiger partial charge is 0.386 e. The van der Waals surface area contributed by atoms with E-state index in [1.165, 1.54) is 0 Å². The minimum atomic E-state index is -1.71. The molecule has 1 heterocycles. The summed E-state index contributed by atoms with van der Waals surface area (Å²) in [5.74, 6) is -0.504. The lowest BCUT2D eigenvalue weighted by atomic mass is 9.59. The van der Waals surface area contributed by atoms with Crippen LogP contribution in [0.4, 0.5) is 0 Å². The molecule has 0 amide bonds. The van der Waals surface area contributed by atoms with Gasteiger partial charge in [-0.2, -0.15) is 0 Å². The molecule has 1 saturated heterocycles. The number of carbonyl (C=O) groups is 1. The van der Waals surface area contributed by atoms with Crippen LogP contribution in [0.25, 0.3) is 0 Å². The number of allylic oxidation sites excluding steroid dienone is 1. The van der Waals surface area contributed by atoms with Gasteiger partial charge in [-0.05, 0) is 61.5 Å². The van der Waals surface area contributed by atoms with Crippen LogP contribution in [0.3, 0.4) is 0 Å². The van der Waals surface area contributed by atoms with Crippen molar-refractivity contribution in [2.45, 2.75) is 71.6 Å². The zero-order valence-corrected chi connectivity index (χ0v) is 17.7. The molecule has 5 nitrogen and oxygen atoms in total. The van der Waals surface area contributed by atoms with E-state index in [1.54, 1.807) is 0 Å². The van der Waals surface area contributed by atoms with Crippen molar-refractivity contribution >= 4 is 5.78 Å². The van der Waals surface area contributed by atoms with Crippen LogP contribution in [0.2, 0.25) is 0 Å². The van der Waals surface area contributed by atoms with Gasteiger partial charge in [0.1, 0.15) is 17.8 Å². The zero-order chi connectivity index (χ0) is 20.4. The molecule has 0 aromatic heterocycles. The van der Waals surface area contributed by atoms with Gasteiger partial charge in [-0.3, -0.25) is 4.79 Å². The van der Waals surface area contributed by atoms with Crippen LogP contribution in [0, 0.1) is 34.5 Å². The molecular formula is C23H32O5. The third-order valence-electron chi connectivity index (χ3n) is 8.71. The van der Waals surface area contributed by atoms with Crippen molar-refractivity contribution in [2.75, 3.05) is 6.61 Å². The van der Waals surface area contributed by atoms with E-state index in [9.17, 15) is 15.0 Å². The van der Waals surface area contributed by atoms with Crippen LogP contribution in [0.1, 0.15) is 48.0 Å². The van der Waals surface area contributed by atoms with E-state index in [4.69, 9.17) is 9.47 Å². The number of ketones is 1. The molecule has 5 rings (SSSR count). The fraction of sp³-hybridized carbons (Fsp3) is 0.783. The number of hydrogen-bond donors (Lipinski definition) is 2. The van der Waals surface area contributed by atoms with Gasteiger partial charge in [0.15, 0.2) is 11.6 Å². The summed E-state index contributed by atoms with van der Waals surface area (Å²) in [6.45, 7) is 12.3. The highest BCUT2D eigenvalue weighted by molar-refractivity contribution is 5.95. The van der Waals surface area contributed by atoms with Crippen molar-refractivity contribution in [3.63, 3.8) is 0 Å². The van der Waals surface area contributed by atoms with E-state index in [0.717, 1.165) is 12.0 Å². The van der Waals surface area contributed by atoms with Crippen LogP contribution in [0.5, 0.6) is 0 Å². The maximum absolute atomic E-state index is 14.1. The molecule has 0 aromatic carbocycles. The van der Waals surface area contributed by atoms with E-state index in [0.29, 0.717) is 18.1 Å². The molecule has 6 unspecified atom stereocenters. The summed E-state index contributed by atoms with van der Waals surface area (Å²) < 4.78 is 12.1. The summed E-state index contributed by atoms with van der Waals surface area (Å²) in [7, 11) is 0. The van der Waals surface area contributed by atoms with E-state index in [1.807, 2.05) is 32.9 Å². The Kier molecular flexibility index (Phi) is 3.51. The van der Waals surface area contributed by atoms with E-state index in [2.05, 4.69) is 20.8 Å². The predicted octanol–water partition coefficient (Wildman–Crippen LogP) is 2.61. The number of aliphatic hydroxyl groups excluding tert-OH is 1. The molecule has 8 atom stereocenters. The van der Waals surface area contributed by atoms with Crippen molar-refractivity contribution in [1.29, 1.82) is 0 Å². The number of rotatable bonds is 0.